The summed E-state index contributed by atoms with van der Waals surface area (Å²) >= 11 is 0. The molecular weight excluding hydrogens is 354 g/mol. The summed E-state index contributed by atoms with van der Waals surface area (Å²) in [6.45, 7) is 1.82. The molecule has 8 heteroatoms. The molecule has 0 aliphatic carbocycles. The highest BCUT2D eigenvalue weighted by Gasteiger charge is 2.22. The number of hydrogen-bond acceptors (Lipinski definition) is 6. The molecule has 2 aromatic rings. The molecular formula is C18H17N3O4S. The molecule has 0 aromatic heterocycles. The molecule has 26 heavy (non-hydrogen) atoms. The van der Waals surface area contributed by atoms with Crippen LogP contribution in [0.15, 0.2) is 52.3 Å². The Bertz CT molecular complexity index is 1020. The molecule has 0 aliphatic rings. The Hall–Kier alpha value is -3.18. The lowest BCUT2D eigenvalue weighted by Crippen LogP contribution is -2.11. The van der Waals surface area contributed by atoms with Crippen molar-refractivity contribution < 1.29 is 13.3 Å². The van der Waals surface area contributed by atoms with Gasteiger partial charge < -0.3 is 4.90 Å². The lowest BCUT2D eigenvalue weighted by atomic mass is 10.1. The minimum atomic E-state index is -4.01. The van der Waals surface area contributed by atoms with E-state index >= 15 is 0 Å². The van der Waals surface area contributed by atoms with Crippen molar-refractivity contribution >= 4 is 27.3 Å². The van der Waals surface area contributed by atoms with Crippen molar-refractivity contribution in [3.8, 4) is 6.07 Å². The zero-order chi connectivity index (χ0) is 19.5. The Morgan fingerprint density at radius 2 is 1.81 bits per heavy atom. The van der Waals surface area contributed by atoms with Crippen molar-refractivity contribution in [2.75, 3.05) is 19.0 Å². The van der Waals surface area contributed by atoms with Gasteiger partial charge in [0, 0.05) is 20.2 Å². The summed E-state index contributed by atoms with van der Waals surface area (Å²) in [5, 5.41) is 20.6. The van der Waals surface area contributed by atoms with Crippen molar-refractivity contribution in [3.63, 3.8) is 0 Å². The topological polar surface area (TPSA) is 104 Å². The third-order valence-electron chi connectivity index (χ3n) is 3.71. The fourth-order valence-electron chi connectivity index (χ4n) is 2.32. The second-order valence-corrected chi connectivity index (χ2v) is 7.75. The molecule has 0 spiro atoms. The number of nitro groups is 1. The van der Waals surface area contributed by atoms with E-state index in [1.54, 1.807) is 37.2 Å². The van der Waals surface area contributed by atoms with Gasteiger partial charge in [0.2, 0.25) is 9.84 Å². The monoisotopic (exact) mass is 371 g/mol. The maximum atomic E-state index is 12.6. The van der Waals surface area contributed by atoms with Gasteiger partial charge in [0.1, 0.15) is 16.7 Å². The van der Waals surface area contributed by atoms with Gasteiger partial charge in [-0.3, -0.25) is 10.1 Å². The molecule has 2 aromatic carbocycles. The average molecular weight is 371 g/mol. The van der Waals surface area contributed by atoms with Crippen LogP contribution in [0.5, 0.6) is 0 Å². The number of nitro benzene ring substituents is 1. The van der Waals surface area contributed by atoms with E-state index in [-0.39, 0.29) is 16.1 Å². The van der Waals surface area contributed by atoms with Crippen LogP contribution in [0.2, 0.25) is 0 Å². The molecule has 0 N–H and O–H groups in total. The molecule has 0 amide bonds. The van der Waals surface area contributed by atoms with Crippen LogP contribution < -0.4 is 4.90 Å². The molecule has 0 saturated carbocycles. The Morgan fingerprint density at radius 3 is 2.31 bits per heavy atom. The third-order valence-corrected chi connectivity index (χ3v) is 5.39. The Kier molecular flexibility index (Phi) is 5.43. The van der Waals surface area contributed by atoms with Crippen LogP contribution in [0, 0.1) is 28.4 Å². The first-order valence-corrected chi connectivity index (χ1v) is 9.04. The summed E-state index contributed by atoms with van der Waals surface area (Å²) in [6, 6.07) is 12.1. The van der Waals surface area contributed by atoms with Crippen LogP contribution in [0.3, 0.4) is 0 Å². The van der Waals surface area contributed by atoms with Crippen LogP contribution in [-0.2, 0) is 9.84 Å². The molecule has 0 bridgehead atoms. The standard InChI is InChI=1S/C18H17N3O4S/c1-13-4-7-15(8-5-13)26(24,25)16(12-19)10-14-6-9-17(20(2)3)18(11-14)21(22)23/h4-11H,1-3H3/b16-10+. The number of nitrogens with zero attached hydrogens (tertiary/aromatic N) is 3. The van der Waals surface area contributed by atoms with E-state index in [0.29, 0.717) is 5.69 Å². The molecule has 0 aliphatic heterocycles. The normalized spacial score (nSPS) is 11.7. The Labute approximate surface area is 151 Å². The fourth-order valence-corrected chi connectivity index (χ4v) is 3.48. The maximum Gasteiger partial charge on any atom is 0.293 e. The van der Waals surface area contributed by atoms with Gasteiger partial charge in [-0.25, -0.2) is 8.42 Å². The van der Waals surface area contributed by atoms with Gasteiger partial charge in [0.25, 0.3) is 5.69 Å². The van der Waals surface area contributed by atoms with Crippen molar-refractivity contribution in [2.24, 2.45) is 0 Å². The number of aryl methyl sites for hydroxylation is 1. The molecule has 0 unspecified atom stereocenters. The predicted molar refractivity (Wildman–Crippen MR) is 99.4 cm³/mol. The quantitative estimate of drug-likeness (QED) is 0.454. The van der Waals surface area contributed by atoms with Crippen LogP contribution in [0.1, 0.15) is 11.1 Å². The zero-order valence-electron chi connectivity index (χ0n) is 14.5. The van der Waals surface area contributed by atoms with Gasteiger partial charge in [-0.1, -0.05) is 23.8 Å². The van der Waals surface area contributed by atoms with Crippen LogP contribution >= 0.6 is 0 Å². The molecule has 0 radical (unpaired) electrons. The molecule has 0 atom stereocenters. The molecule has 0 heterocycles. The first-order chi connectivity index (χ1) is 12.2. The van der Waals surface area contributed by atoms with E-state index < -0.39 is 19.7 Å². The average Bonchev–Trinajstić information content (AvgIpc) is 2.59. The van der Waals surface area contributed by atoms with E-state index in [9.17, 15) is 23.8 Å². The van der Waals surface area contributed by atoms with Gasteiger partial charge in [-0.2, -0.15) is 5.26 Å². The highest BCUT2D eigenvalue weighted by atomic mass is 32.2. The van der Waals surface area contributed by atoms with Crippen molar-refractivity contribution in [1.29, 1.82) is 5.26 Å². The van der Waals surface area contributed by atoms with Gasteiger partial charge >= 0.3 is 0 Å². The van der Waals surface area contributed by atoms with Crippen LogP contribution in [0.4, 0.5) is 11.4 Å². The number of rotatable bonds is 5. The maximum absolute atomic E-state index is 12.6. The van der Waals surface area contributed by atoms with Gasteiger partial charge in [-0.05, 0) is 36.8 Å². The van der Waals surface area contributed by atoms with Crippen molar-refractivity contribution in [2.45, 2.75) is 11.8 Å². The van der Waals surface area contributed by atoms with E-state index in [2.05, 4.69) is 0 Å². The second-order valence-electron chi connectivity index (χ2n) is 5.84. The van der Waals surface area contributed by atoms with Gasteiger partial charge in [0.05, 0.1) is 9.82 Å². The van der Waals surface area contributed by atoms with Crippen LogP contribution in [0.25, 0.3) is 6.08 Å². The zero-order valence-corrected chi connectivity index (χ0v) is 15.3. The summed E-state index contributed by atoms with van der Waals surface area (Å²) in [6.07, 6.45) is 1.14. The summed E-state index contributed by atoms with van der Waals surface area (Å²) in [5.41, 5.74) is 1.36. The third kappa shape index (κ3) is 3.90. The highest BCUT2D eigenvalue weighted by molar-refractivity contribution is 7.95. The lowest BCUT2D eigenvalue weighted by Gasteiger charge is -2.12. The van der Waals surface area contributed by atoms with E-state index in [1.807, 2.05) is 6.92 Å². The number of benzene rings is 2. The molecule has 0 fully saturated rings. The number of hydrogen-bond donors (Lipinski definition) is 0. The molecule has 7 nitrogen and oxygen atoms in total. The number of sulfone groups is 1. The first kappa shape index (κ1) is 19.1. The highest BCUT2D eigenvalue weighted by Crippen LogP contribution is 2.29. The largest absolute Gasteiger partial charge is 0.372 e. The number of allylic oxidation sites excluding steroid dienone is 1. The lowest BCUT2D eigenvalue weighted by molar-refractivity contribution is -0.384. The number of anilines is 1. The Morgan fingerprint density at radius 1 is 1.19 bits per heavy atom. The van der Waals surface area contributed by atoms with Gasteiger partial charge in [0.15, 0.2) is 0 Å². The summed E-state index contributed by atoms with van der Waals surface area (Å²) in [4.78, 5) is 11.8. The second kappa shape index (κ2) is 7.37. The smallest absolute Gasteiger partial charge is 0.293 e. The van der Waals surface area contributed by atoms with E-state index in [1.165, 1.54) is 30.3 Å². The minimum Gasteiger partial charge on any atom is -0.372 e. The minimum absolute atomic E-state index is 0.00434. The summed E-state index contributed by atoms with van der Waals surface area (Å²) in [5.74, 6) is 0. The summed E-state index contributed by atoms with van der Waals surface area (Å²) < 4.78 is 25.3. The molecule has 0 saturated heterocycles. The fraction of sp³-hybridized carbons (Fsp3) is 0.167. The molecule has 134 valence electrons. The first-order valence-electron chi connectivity index (χ1n) is 7.56. The van der Waals surface area contributed by atoms with Gasteiger partial charge in [-0.15, -0.1) is 0 Å². The van der Waals surface area contributed by atoms with E-state index in [4.69, 9.17) is 0 Å². The SMILES string of the molecule is Cc1ccc(S(=O)(=O)/C(C#N)=C/c2ccc(N(C)C)c([N+](=O)[O-])c2)cc1. The molecule has 2 rings (SSSR count). The van der Waals surface area contributed by atoms with Crippen molar-refractivity contribution in [3.05, 3.63) is 68.6 Å². The Balaban J connectivity index is 2.56. The van der Waals surface area contributed by atoms with Crippen molar-refractivity contribution in [1.82, 2.24) is 0 Å². The summed E-state index contributed by atoms with van der Waals surface area (Å²) in [7, 11) is -0.672. The predicted octanol–water partition coefficient (Wildman–Crippen LogP) is 3.31. The van der Waals surface area contributed by atoms with E-state index in [0.717, 1.165) is 11.6 Å². The number of nitriles is 1. The van der Waals surface area contributed by atoms with Crippen LogP contribution in [-0.4, -0.2) is 27.4 Å².